The van der Waals surface area contributed by atoms with Gasteiger partial charge in [0.15, 0.2) is 6.04 Å². The summed E-state index contributed by atoms with van der Waals surface area (Å²) >= 11 is 0. The van der Waals surface area contributed by atoms with Gasteiger partial charge in [0, 0.05) is 12.4 Å². The molecule has 0 radical (unpaired) electrons. The fourth-order valence-electron chi connectivity index (χ4n) is 2.76. The van der Waals surface area contributed by atoms with E-state index in [0.29, 0.717) is 5.56 Å². The van der Waals surface area contributed by atoms with E-state index in [1.165, 1.54) is 6.20 Å². The number of benzene rings is 1. The van der Waals surface area contributed by atoms with E-state index < -0.39 is 35.8 Å². The van der Waals surface area contributed by atoms with Gasteiger partial charge in [-0.3, -0.25) is 4.98 Å². The molecule has 0 bridgehead atoms. The van der Waals surface area contributed by atoms with Crippen LogP contribution in [0.25, 0.3) is 0 Å². The van der Waals surface area contributed by atoms with Crippen LogP contribution in [0.15, 0.2) is 54.9 Å². The Balaban J connectivity index is 2.23. The van der Waals surface area contributed by atoms with Gasteiger partial charge < -0.3 is 24.8 Å². The normalized spacial score (nSPS) is 12.8. The van der Waals surface area contributed by atoms with Crippen LogP contribution >= 0.6 is 0 Å². The average molecular weight is 444 g/mol. The summed E-state index contributed by atoms with van der Waals surface area (Å²) in [6, 6.07) is 10.1. The SMILES string of the molecule is CCOC(=O)[C@@H](NC(=O)OCc1ccccc1)[C@H](NC(=O)OC(C)(C)C)c1cccnc1. The Hall–Kier alpha value is -3.62. The molecule has 0 saturated heterocycles. The molecule has 0 saturated carbocycles. The molecule has 2 amide bonds. The zero-order valence-corrected chi connectivity index (χ0v) is 18.7. The molecule has 1 aromatic carbocycles. The standard InChI is InChI=1S/C23H29N3O6/c1-5-30-20(27)19(26-21(28)31-15-16-10-7-6-8-11-16)18(17-12-9-13-24-14-17)25-22(29)32-23(2,3)4/h6-14,18-19H,5,15H2,1-4H3,(H,25,29)(H,26,28)/t18-,19+/m1/s1. The Kier molecular flexibility index (Phi) is 9.00. The van der Waals surface area contributed by atoms with Crippen molar-refractivity contribution < 1.29 is 28.6 Å². The van der Waals surface area contributed by atoms with E-state index in [-0.39, 0.29) is 13.2 Å². The van der Waals surface area contributed by atoms with E-state index >= 15 is 0 Å². The quantitative estimate of drug-likeness (QED) is 0.474. The number of amides is 2. The molecule has 1 aromatic heterocycles. The minimum Gasteiger partial charge on any atom is -0.464 e. The molecule has 1 heterocycles. The maximum absolute atomic E-state index is 12.7. The number of nitrogens with one attached hydrogen (secondary N) is 2. The van der Waals surface area contributed by atoms with Gasteiger partial charge >= 0.3 is 18.2 Å². The summed E-state index contributed by atoms with van der Waals surface area (Å²) in [5.41, 5.74) is 0.496. The first-order valence-corrected chi connectivity index (χ1v) is 10.2. The third-order valence-corrected chi connectivity index (χ3v) is 4.08. The zero-order chi connectivity index (χ0) is 23.6. The number of ether oxygens (including phenoxy) is 3. The van der Waals surface area contributed by atoms with E-state index in [0.717, 1.165) is 5.56 Å². The van der Waals surface area contributed by atoms with Crippen molar-refractivity contribution in [2.75, 3.05) is 6.61 Å². The topological polar surface area (TPSA) is 116 Å². The maximum atomic E-state index is 12.7. The van der Waals surface area contributed by atoms with Crippen LogP contribution in [0.5, 0.6) is 0 Å². The van der Waals surface area contributed by atoms with Gasteiger partial charge in [0.1, 0.15) is 12.2 Å². The van der Waals surface area contributed by atoms with E-state index in [1.807, 2.05) is 18.2 Å². The predicted octanol–water partition coefficient (Wildman–Crippen LogP) is 3.51. The summed E-state index contributed by atoms with van der Waals surface area (Å²) in [7, 11) is 0. The second-order valence-corrected chi connectivity index (χ2v) is 7.85. The summed E-state index contributed by atoms with van der Waals surface area (Å²) < 4.78 is 15.7. The molecule has 32 heavy (non-hydrogen) atoms. The van der Waals surface area contributed by atoms with Crippen LogP contribution in [0.4, 0.5) is 9.59 Å². The zero-order valence-electron chi connectivity index (χ0n) is 18.7. The molecular formula is C23H29N3O6. The van der Waals surface area contributed by atoms with Crippen LogP contribution in [-0.4, -0.2) is 41.4 Å². The molecule has 9 heteroatoms. The monoisotopic (exact) mass is 443 g/mol. The molecule has 0 spiro atoms. The Bertz CT molecular complexity index is 884. The minimum absolute atomic E-state index is 0.0132. The van der Waals surface area contributed by atoms with E-state index in [1.54, 1.807) is 58.2 Å². The highest BCUT2D eigenvalue weighted by atomic mass is 16.6. The smallest absolute Gasteiger partial charge is 0.408 e. The molecule has 2 aromatic rings. The highest BCUT2D eigenvalue weighted by Crippen LogP contribution is 2.19. The Morgan fingerprint density at radius 1 is 0.969 bits per heavy atom. The molecule has 0 aliphatic carbocycles. The molecule has 2 rings (SSSR count). The number of hydrogen-bond acceptors (Lipinski definition) is 7. The van der Waals surface area contributed by atoms with Gasteiger partial charge in [-0.2, -0.15) is 0 Å². The fraction of sp³-hybridized carbons (Fsp3) is 0.391. The molecule has 2 N–H and O–H groups in total. The fourth-order valence-corrected chi connectivity index (χ4v) is 2.76. The molecule has 0 fully saturated rings. The first-order valence-electron chi connectivity index (χ1n) is 10.2. The van der Waals surface area contributed by atoms with Gasteiger partial charge in [-0.1, -0.05) is 36.4 Å². The molecule has 2 atom stereocenters. The third-order valence-electron chi connectivity index (χ3n) is 4.08. The van der Waals surface area contributed by atoms with Crippen LogP contribution in [0.2, 0.25) is 0 Å². The van der Waals surface area contributed by atoms with Gasteiger partial charge in [-0.05, 0) is 44.9 Å². The van der Waals surface area contributed by atoms with Crippen LogP contribution in [-0.2, 0) is 25.6 Å². The average Bonchev–Trinajstić information content (AvgIpc) is 2.75. The summed E-state index contributed by atoms with van der Waals surface area (Å²) in [6.07, 6.45) is 1.42. The Labute approximate surface area is 187 Å². The van der Waals surface area contributed by atoms with Crippen LogP contribution in [0, 0.1) is 0 Å². The van der Waals surface area contributed by atoms with Crippen molar-refractivity contribution in [2.24, 2.45) is 0 Å². The van der Waals surface area contributed by atoms with Gasteiger partial charge in [-0.25, -0.2) is 14.4 Å². The highest BCUT2D eigenvalue weighted by Gasteiger charge is 2.35. The van der Waals surface area contributed by atoms with Crippen molar-refractivity contribution in [3.63, 3.8) is 0 Å². The molecule has 0 aliphatic heterocycles. The van der Waals surface area contributed by atoms with Crippen LogP contribution in [0.3, 0.4) is 0 Å². The third kappa shape index (κ3) is 8.25. The van der Waals surface area contributed by atoms with Gasteiger partial charge in [0.2, 0.25) is 0 Å². The number of carbonyl (C=O) groups is 3. The van der Waals surface area contributed by atoms with Gasteiger partial charge in [-0.15, -0.1) is 0 Å². The number of pyridine rings is 1. The number of alkyl carbamates (subject to hydrolysis) is 2. The first-order chi connectivity index (χ1) is 15.2. The Morgan fingerprint density at radius 2 is 1.69 bits per heavy atom. The first kappa shape index (κ1) is 24.6. The molecule has 172 valence electrons. The summed E-state index contributed by atoms with van der Waals surface area (Å²) in [6.45, 7) is 6.89. The predicted molar refractivity (Wildman–Crippen MR) is 117 cm³/mol. The van der Waals surface area contributed by atoms with Crippen LogP contribution < -0.4 is 10.6 Å². The lowest BCUT2D eigenvalue weighted by Gasteiger charge is -2.28. The Morgan fingerprint density at radius 3 is 2.28 bits per heavy atom. The lowest BCUT2D eigenvalue weighted by Crippen LogP contribution is -2.52. The van der Waals surface area contributed by atoms with E-state index in [2.05, 4.69) is 15.6 Å². The highest BCUT2D eigenvalue weighted by molar-refractivity contribution is 5.83. The van der Waals surface area contributed by atoms with Crippen molar-refractivity contribution in [1.82, 2.24) is 15.6 Å². The number of hydrogen-bond donors (Lipinski definition) is 2. The van der Waals surface area contributed by atoms with Gasteiger partial charge in [0.05, 0.1) is 12.6 Å². The number of nitrogens with zero attached hydrogens (tertiary/aromatic N) is 1. The lowest BCUT2D eigenvalue weighted by molar-refractivity contribution is -0.146. The molecular weight excluding hydrogens is 414 g/mol. The van der Waals surface area contributed by atoms with Crippen LogP contribution in [0.1, 0.15) is 44.9 Å². The number of rotatable bonds is 8. The number of carbonyl (C=O) groups excluding carboxylic acids is 3. The van der Waals surface area contributed by atoms with Gasteiger partial charge in [0.25, 0.3) is 0 Å². The van der Waals surface area contributed by atoms with Crippen molar-refractivity contribution in [3.05, 3.63) is 66.0 Å². The van der Waals surface area contributed by atoms with Crippen molar-refractivity contribution in [3.8, 4) is 0 Å². The molecule has 0 unspecified atom stereocenters. The second-order valence-electron chi connectivity index (χ2n) is 7.85. The maximum Gasteiger partial charge on any atom is 0.408 e. The van der Waals surface area contributed by atoms with Crippen molar-refractivity contribution >= 4 is 18.2 Å². The number of aromatic nitrogens is 1. The summed E-state index contributed by atoms with van der Waals surface area (Å²) in [5, 5.41) is 5.14. The van der Waals surface area contributed by atoms with Crippen molar-refractivity contribution in [2.45, 2.75) is 52.0 Å². The minimum atomic E-state index is -1.28. The summed E-state index contributed by atoms with van der Waals surface area (Å²) in [5.74, 6) is -0.742. The lowest BCUT2D eigenvalue weighted by atomic mass is 10.0. The second kappa shape index (κ2) is 11.7. The molecule has 0 aliphatic rings. The number of esters is 1. The van der Waals surface area contributed by atoms with Crippen molar-refractivity contribution in [1.29, 1.82) is 0 Å². The molecule has 9 nitrogen and oxygen atoms in total. The van der Waals surface area contributed by atoms with E-state index in [9.17, 15) is 14.4 Å². The largest absolute Gasteiger partial charge is 0.464 e. The van der Waals surface area contributed by atoms with E-state index in [4.69, 9.17) is 14.2 Å². The summed E-state index contributed by atoms with van der Waals surface area (Å²) in [4.78, 5) is 41.7.